The normalized spacial score (nSPS) is 14.4. The molecule has 35 heavy (non-hydrogen) atoms. The quantitative estimate of drug-likeness (QED) is 0.355. The molecule has 190 valence electrons. The number of anilines is 1. The van der Waals surface area contributed by atoms with Crippen LogP contribution >= 0.6 is 0 Å². The molecule has 3 aromatic heterocycles. The molecule has 0 aliphatic carbocycles. The second-order valence-corrected chi connectivity index (χ2v) is 15.6. The highest BCUT2D eigenvalue weighted by Gasteiger charge is 2.28. The van der Waals surface area contributed by atoms with Crippen LogP contribution in [0, 0.1) is 0 Å². The fourth-order valence-electron chi connectivity index (χ4n) is 4.08. The van der Waals surface area contributed by atoms with Crippen molar-refractivity contribution in [2.45, 2.75) is 58.0 Å². The fourth-order valence-corrected chi connectivity index (χ4v) is 4.84. The monoisotopic (exact) mass is 508 g/mol. The summed E-state index contributed by atoms with van der Waals surface area (Å²) >= 11 is 0. The first-order valence-corrected chi connectivity index (χ1v) is 15.4. The number of carbonyl (C=O) groups is 1. The minimum atomic E-state index is -4.31. The van der Waals surface area contributed by atoms with Crippen LogP contribution in [0.2, 0.25) is 25.7 Å². The Kier molecular flexibility index (Phi) is 7.22. The number of nitrogens with zero attached hydrogens (tertiary/aromatic N) is 5. The Morgan fingerprint density at radius 2 is 2.00 bits per heavy atom. The van der Waals surface area contributed by atoms with Crippen LogP contribution in [0.1, 0.15) is 17.7 Å². The molecule has 1 aliphatic heterocycles. The molecule has 3 aromatic rings. The Labute approximate surface area is 203 Å². The van der Waals surface area contributed by atoms with Crippen molar-refractivity contribution in [3.8, 4) is 0 Å². The van der Waals surface area contributed by atoms with Crippen LogP contribution in [-0.4, -0.2) is 59.1 Å². The number of alkyl halides is 3. The van der Waals surface area contributed by atoms with Crippen LogP contribution in [0.25, 0.3) is 11.0 Å². The van der Waals surface area contributed by atoms with Gasteiger partial charge >= 0.3 is 12.2 Å². The van der Waals surface area contributed by atoms with E-state index in [1.54, 1.807) is 6.20 Å². The summed E-state index contributed by atoms with van der Waals surface area (Å²) in [7, 11) is -1.16. The predicted molar refractivity (Wildman–Crippen MR) is 130 cm³/mol. The van der Waals surface area contributed by atoms with Crippen molar-refractivity contribution in [2.24, 2.45) is 0 Å². The molecule has 0 atom stereocenters. The molecule has 1 N–H and O–H groups in total. The zero-order valence-electron chi connectivity index (χ0n) is 20.2. The first-order chi connectivity index (χ1) is 16.5. The number of hydrogen-bond acceptors (Lipinski definition) is 5. The summed E-state index contributed by atoms with van der Waals surface area (Å²) in [6.07, 6.45) is 0.393. The number of amides is 1. The Bertz CT molecular complexity index is 1180. The van der Waals surface area contributed by atoms with Crippen LogP contribution in [0.4, 0.5) is 23.8 Å². The van der Waals surface area contributed by atoms with Gasteiger partial charge in [0.25, 0.3) is 0 Å². The average molecular weight is 509 g/mol. The lowest BCUT2D eigenvalue weighted by Gasteiger charge is -2.29. The standard InChI is InChI=1S/C23H31F3N6O2Si/c1-35(2,3)13-12-34-16-31-10-6-18-20(28-15-29-21(18)31)30-9-4-17-5-11-32(19(17)14-30)22(33)27-8-7-23(24,25)26/h5-6,10-11,15H,4,7-9,12-14,16H2,1-3H3,(H,27,33). The van der Waals surface area contributed by atoms with Crippen LogP contribution in [0.15, 0.2) is 30.9 Å². The highest BCUT2D eigenvalue weighted by atomic mass is 28.3. The molecule has 0 spiro atoms. The molecule has 0 unspecified atom stereocenters. The molecule has 12 heteroatoms. The number of ether oxygens (including phenoxy) is 1. The van der Waals surface area contributed by atoms with Crippen molar-refractivity contribution in [1.82, 2.24) is 24.4 Å². The fraction of sp³-hybridized carbons (Fsp3) is 0.522. The van der Waals surface area contributed by atoms with Gasteiger partial charge in [-0.25, -0.2) is 14.8 Å². The predicted octanol–water partition coefficient (Wildman–Crippen LogP) is 4.62. The Balaban J connectivity index is 1.46. The molecular weight excluding hydrogens is 477 g/mol. The molecule has 0 bridgehead atoms. The highest BCUT2D eigenvalue weighted by molar-refractivity contribution is 6.76. The van der Waals surface area contributed by atoms with Gasteiger partial charge in [0.15, 0.2) is 0 Å². The second kappa shape index (κ2) is 10.0. The van der Waals surface area contributed by atoms with Gasteiger partial charge in [-0.15, -0.1) is 0 Å². The lowest BCUT2D eigenvalue weighted by atomic mass is 10.1. The minimum absolute atomic E-state index is 0.412. The van der Waals surface area contributed by atoms with Crippen molar-refractivity contribution in [3.05, 3.63) is 42.1 Å². The molecule has 8 nitrogen and oxygen atoms in total. The topological polar surface area (TPSA) is 77.2 Å². The maximum Gasteiger partial charge on any atom is 0.390 e. The lowest BCUT2D eigenvalue weighted by Crippen LogP contribution is -2.36. The van der Waals surface area contributed by atoms with E-state index in [1.165, 1.54) is 10.9 Å². The van der Waals surface area contributed by atoms with Gasteiger partial charge in [0.2, 0.25) is 0 Å². The van der Waals surface area contributed by atoms with Gasteiger partial charge in [-0.3, -0.25) is 4.57 Å². The Hall–Kier alpha value is -2.86. The van der Waals surface area contributed by atoms with E-state index in [9.17, 15) is 18.0 Å². The zero-order chi connectivity index (χ0) is 25.2. The smallest absolute Gasteiger partial charge is 0.361 e. The van der Waals surface area contributed by atoms with Crippen LogP contribution in [0.3, 0.4) is 0 Å². The van der Waals surface area contributed by atoms with Gasteiger partial charge in [0, 0.05) is 45.9 Å². The van der Waals surface area contributed by atoms with Gasteiger partial charge in [-0.2, -0.15) is 13.2 Å². The summed E-state index contributed by atoms with van der Waals surface area (Å²) in [5, 5.41) is 3.24. The summed E-state index contributed by atoms with van der Waals surface area (Å²) in [6, 6.07) is 4.34. The number of carbonyl (C=O) groups excluding carboxylic acids is 1. The molecule has 0 saturated heterocycles. The third-order valence-electron chi connectivity index (χ3n) is 6.04. The Morgan fingerprint density at radius 1 is 1.20 bits per heavy atom. The molecule has 4 heterocycles. The SMILES string of the molecule is C[Si](C)(C)CCOCn1ccc2c(N3CCc4ccn(C(=O)NCCC(F)(F)F)c4C3)ncnc21. The van der Waals surface area contributed by atoms with E-state index in [0.29, 0.717) is 32.8 Å². The molecule has 4 rings (SSSR count). The van der Waals surface area contributed by atoms with E-state index >= 15 is 0 Å². The first-order valence-electron chi connectivity index (χ1n) is 11.7. The van der Waals surface area contributed by atoms with Gasteiger partial charge in [0.1, 0.15) is 24.5 Å². The maximum atomic E-state index is 12.5. The van der Waals surface area contributed by atoms with Crippen molar-refractivity contribution < 1.29 is 22.7 Å². The highest BCUT2D eigenvalue weighted by Crippen LogP contribution is 2.29. The third-order valence-corrected chi connectivity index (χ3v) is 7.75. The van der Waals surface area contributed by atoms with Crippen molar-refractivity contribution in [2.75, 3.05) is 24.6 Å². The molecule has 1 aliphatic rings. The molecule has 0 aromatic carbocycles. The number of hydrogen-bond donors (Lipinski definition) is 1. The summed E-state index contributed by atoms with van der Waals surface area (Å²) in [4.78, 5) is 23.6. The number of aromatic nitrogens is 4. The maximum absolute atomic E-state index is 12.5. The molecule has 0 radical (unpaired) electrons. The van der Waals surface area contributed by atoms with E-state index in [1.807, 2.05) is 22.9 Å². The van der Waals surface area contributed by atoms with Gasteiger partial charge in [-0.05, 0) is 30.2 Å². The van der Waals surface area contributed by atoms with Crippen LogP contribution in [-0.2, 0) is 24.4 Å². The molecule has 0 saturated carbocycles. The van der Waals surface area contributed by atoms with Gasteiger partial charge < -0.3 is 19.5 Å². The van der Waals surface area contributed by atoms with E-state index in [-0.39, 0.29) is 0 Å². The number of halogens is 3. The average Bonchev–Trinajstić information content (AvgIpc) is 3.39. The van der Waals surface area contributed by atoms with Crippen LogP contribution < -0.4 is 10.2 Å². The third kappa shape index (κ3) is 6.23. The molecule has 1 amide bonds. The van der Waals surface area contributed by atoms with Gasteiger partial charge in [0.05, 0.1) is 18.4 Å². The van der Waals surface area contributed by atoms with Crippen molar-refractivity contribution >= 4 is 31.0 Å². The summed E-state index contributed by atoms with van der Waals surface area (Å²) in [5.74, 6) is 0.756. The van der Waals surface area contributed by atoms with Crippen LogP contribution in [0.5, 0.6) is 0 Å². The lowest BCUT2D eigenvalue weighted by molar-refractivity contribution is -0.132. The summed E-state index contributed by atoms with van der Waals surface area (Å²) < 4.78 is 46.6. The van der Waals surface area contributed by atoms with Crippen molar-refractivity contribution in [3.63, 3.8) is 0 Å². The number of fused-ring (bicyclic) bond motifs is 2. The largest absolute Gasteiger partial charge is 0.390 e. The number of rotatable bonds is 8. The van der Waals surface area contributed by atoms with Gasteiger partial charge in [-0.1, -0.05) is 19.6 Å². The first kappa shape index (κ1) is 25.2. The zero-order valence-corrected chi connectivity index (χ0v) is 21.2. The van der Waals surface area contributed by atoms with Crippen molar-refractivity contribution in [1.29, 1.82) is 0 Å². The second-order valence-electron chi connectivity index (χ2n) is 9.99. The molecule has 0 fully saturated rings. The Morgan fingerprint density at radius 3 is 2.74 bits per heavy atom. The van der Waals surface area contributed by atoms with E-state index < -0.39 is 33.2 Å². The molecular formula is C23H31F3N6O2Si. The number of nitrogens with one attached hydrogen (secondary N) is 1. The summed E-state index contributed by atoms with van der Waals surface area (Å²) in [6.45, 7) is 8.73. The summed E-state index contributed by atoms with van der Waals surface area (Å²) in [5.41, 5.74) is 2.53. The minimum Gasteiger partial charge on any atom is -0.361 e. The van der Waals surface area contributed by atoms with E-state index in [0.717, 1.165) is 34.2 Å². The van der Waals surface area contributed by atoms with E-state index in [4.69, 9.17) is 4.74 Å². The van der Waals surface area contributed by atoms with E-state index in [2.05, 4.69) is 39.8 Å².